The van der Waals surface area contributed by atoms with Gasteiger partial charge in [-0.2, -0.15) is 24.9 Å². The number of nitrogens with one attached hydrogen (secondary N) is 2. The summed E-state index contributed by atoms with van der Waals surface area (Å²) in [6, 6.07) is 6.29. The average molecular weight is 696 g/mol. The van der Waals surface area contributed by atoms with Crippen molar-refractivity contribution in [1.82, 2.24) is 10.3 Å². The van der Waals surface area contributed by atoms with Crippen molar-refractivity contribution in [3.05, 3.63) is 52.3 Å². The van der Waals surface area contributed by atoms with Gasteiger partial charge in [-0.3, -0.25) is 9.59 Å². The van der Waals surface area contributed by atoms with Gasteiger partial charge in [0.05, 0.1) is 27.9 Å². The van der Waals surface area contributed by atoms with Crippen molar-refractivity contribution in [1.29, 1.82) is 0 Å². The molecular formula is C35H45F4N3O3S2. The number of rotatable bonds is 9. The molecule has 1 aliphatic heterocycles. The summed E-state index contributed by atoms with van der Waals surface area (Å²) in [6.45, 7) is 8.87. The molecule has 2 bridgehead atoms. The molecule has 3 aliphatic rings. The fourth-order valence-electron chi connectivity index (χ4n) is 6.96. The number of aryl methyl sites for hydroxylation is 1. The van der Waals surface area contributed by atoms with Crippen LogP contribution in [0.2, 0.25) is 0 Å². The molecule has 3 aromatic rings. The van der Waals surface area contributed by atoms with E-state index >= 15 is 0 Å². The average Bonchev–Trinajstić information content (AvgIpc) is 3.72. The van der Waals surface area contributed by atoms with Gasteiger partial charge in [0.25, 0.3) is 5.91 Å². The third kappa shape index (κ3) is 8.79. The van der Waals surface area contributed by atoms with Crippen LogP contribution in [0, 0.1) is 30.5 Å². The second kappa shape index (κ2) is 16.0. The van der Waals surface area contributed by atoms with Gasteiger partial charge in [0.15, 0.2) is 0 Å². The highest BCUT2D eigenvalue weighted by Crippen LogP contribution is 2.49. The molecule has 2 N–H and O–H groups in total. The molecule has 6 nitrogen and oxygen atoms in total. The number of anilines is 1. The second-order valence-electron chi connectivity index (χ2n) is 12.6. The number of unbranched alkanes of at least 4 members (excludes halogenated alkanes) is 1. The van der Waals surface area contributed by atoms with Gasteiger partial charge in [-0.25, -0.2) is 9.37 Å². The van der Waals surface area contributed by atoms with Crippen molar-refractivity contribution in [2.45, 2.75) is 96.0 Å². The number of nitrogens with zero attached hydrogens (tertiary/aromatic N) is 1. The van der Waals surface area contributed by atoms with Crippen LogP contribution in [0.5, 0.6) is 5.75 Å². The molecule has 1 aromatic heterocycles. The Morgan fingerprint density at radius 1 is 1.17 bits per heavy atom. The highest BCUT2D eigenvalue weighted by molar-refractivity contribution is 8.02. The lowest BCUT2D eigenvalue weighted by Crippen LogP contribution is -2.43. The predicted molar refractivity (Wildman–Crippen MR) is 183 cm³/mol. The summed E-state index contributed by atoms with van der Waals surface area (Å²) in [5.74, 6) is 2.67. The number of amides is 2. The maximum Gasteiger partial charge on any atom is 0.419 e. The summed E-state index contributed by atoms with van der Waals surface area (Å²) in [4.78, 5) is 27.4. The van der Waals surface area contributed by atoms with Gasteiger partial charge in [-0.05, 0) is 99.3 Å². The van der Waals surface area contributed by atoms with E-state index in [1.165, 1.54) is 57.1 Å². The SMILES string of the molecule is CCCCC1(CC)CCS1.COc1ccc2nc(C)sc2c1C(=O)NC1C2CC[C@@H](C2)C1C.O=CNc1ccc(F)c(C(F)(F)F)c1. The van der Waals surface area contributed by atoms with Gasteiger partial charge in [0, 0.05) is 16.5 Å². The zero-order chi connectivity index (χ0) is 34.4. The van der Waals surface area contributed by atoms with Crippen molar-refractivity contribution in [2.75, 3.05) is 18.2 Å². The van der Waals surface area contributed by atoms with E-state index in [0.717, 1.165) is 32.0 Å². The van der Waals surface area contributed by atoms with Gasteiger partial charge in [0.2, 0.25) is 6.41 Å². The molecule has 2 amide bonds. The molecule has 12 heteroatoms. The zero-order valence-electron chi connectivity index (χ0n) is 27.6. The molecule has 258 valence electrons. The first kappa shape index (κ1) is 37.0. The van der Waals surface area contributed by atoms with Gasteiger partial charge in [-0.1, -0.05) is 33.6 Å². The number of ether oxygens (including phenoxy) is 1. The Morgan fingerprint density at radius 2 is 1.89 bits per heavy atom. The maximum atomic E-state index is 13.0. The van der Waals surface area contributed by atoms with Crippen LogP contribution in [-0.2, 0) is 11.0 Å². The molecule has 1 saturated heterocycles. The highest BCUT2D eigenvalue weighted by atomic mass is 32.2. The fourth-order valence-corrected chi connectivity index (χ4v) is 9.19. The van der Waals surface area contributed by atoms with Crippen LogP contribution in [0.1, 0.15) is 93.1 Å². The van der Waals surface area contributed by atoms with Crippen LogP contribution in [0.25, 0.3) is 10.2 Å². The summed E-state index contributed by atoms with van der Waals surface area (Å²) >= 11 is 3.75. The Labute approximate surface area is 282 Å². The summed E-state index contributed by atoms with van der Waals surface area (Å²) in [7, 11) is 1.62. The van der Waals surface area contributed by atoms with E-state index < -0.39 is 17.6 Å². The van der Waals surface area contributed by atoms with Gasteiger partial charge < -0.3 is 15.4 Å². The quantitative estimate of drug-likeness (QED) is 0.172. The van der Waals surface area contributed by atoms with Gasteiger partial charge in [0.1, 0.15) is 17.1 Å². The molecular weight excluding hydrogens is 651 g/mol. The molecule has 5 atom stereocenters. The number of thioether (sulfide) groups is 1. The Bertz CT molecular complexity index is 1520. The molecule has 2 aromatic carbocycles. The predicted octanol–water partition coefficient (Wildman–Crippen LogP) is 9.65. The molecule has 2 saturated carbocycles. The fraction of sp³-hybridized carbons (Fsp3) is 0.571. The van der Waals surface area contributed by atoms with E-state index in [4.69, 9.17) is 4.74 Å². The lowest BCUT2D eigenvalue weighted by atomic mass is 9.86. The zero-order valence-corrected chi connectivity index (χ0v) is 29.3. The highest BCUT2D eigenvalue weighted by Gasteiger charge is 2.46. The molecule has 2 heterocycles. The number of alkyl halides is 3. The number of aromatic nitrogens is 1. The van der Waals surface area contributed by atoms with Crippen LogP contribution < -0.4 is 15.4 Å². The van der Waals surface area contributed by atoms with Crippen molar-refractivity contribution in [3.8, 4) is 5.75 Å². The van der Waals surface area contributed by atoms with Crippen molar-refractivity contribution < 1.29 is 31.9 Å². The summed E-state index contributed by atoms with van der Waals surface area (Å²) in [6.07, 6.45) is 6.43. The maximum absolute atomic E-state index is 13.0. The number of carbonyl (C=O) groups excluding carboxylic acids is 2. The van der Waals surface area contributed by atoms with Gasteiger partial charge >= 0.3 is 6.18 Å². The Hall–Kier alpha value is -2.86. The number of hydrogen-bond donors (Lipinski definition) is 2. The monoisotopic (exact) mass is 695 g/mol. The van der Waals surface area contributed by atoms with Crippen LogP contribution >= 0.6 is 23.1 Å². The topological polar surface area (TPSA) is 80.3 Å². The second-order valence-corrected chi connectivity index (χ2v) is 15.4. The van der Waals surface area contributed by atoms with Crippen molar-refractivity contribution in [3.63, 3.8) is 0 Å². The minimum absolute atomic E-state index is 0.0134. The van der Waals surface area contributed by atoms with E-state index in [1.807, 2.05) is 24.4 Å². The molecule has 3 fully saturated rings. The van der Waals surface area contributed by atoms with Crippen LogP contribution in [0.3, 0.4) is 0 Å². The first-order valence-corrected chi connectivity index (χ1v) is 18.1. The Morgan fingerprint density at radius 3 is 2.45 bits per heavy atom. The summed E-state index contributed by atoms with van der Waals surface area (Å²) < 4.78 is 56.1. The van der Waals surface area contributed by atoms with E-state index in [-0.39, 0.29) is 18.0 Å². The summed E-state index contributed by atoms with van der Waals surface area (Å²) in [5.41, 5.74) is 0.0167. The number of thiazole rings is 1. The molecule has 0 radical (unpaired) electrons. The largest absolute Gasteiger partial charge is 0.496 e. The van der Waals surface area contributed by atoms with E-state index in [0.29, 0.717) is 41.3 Å². The van der Waals surface area contributed by atoms with E-state index in [2.05, 4.69) is 42.8 Å². The summed E-state index contributed by atoms with van der Waals surface area (Å²) in [5, 5.41) is 6.28. The Kier molecular flexibility index (Phi) is 12.6. The third-order valence-corrected chi connectivity index (χ3v) is 12.5. The number of halogens is 4. The van der Waals surface area contributed by atoms with Crippen molar-refractivity contribution in [2.24, 2.45) is 17.8 Å². The van der Waals surface area contributed by atoms with Crippen LogP contribution in [0.4, 0.5) is 23.2 Å². The Balaban J connectivity index is 0.000000178. The first-order chi connectivity index (χ1) is 22.4. The van der Waals surface area contributed by atoms with Crippen molar-refractivity contribution >= 4 is 51.3 Å². The number of fused-ring (bicyclic) bond motifs is 3. The third-order valence-electron chi connectivity index (χ3n) is 9.80. The number of hydrogen-bond acceptors (Lipinski definition) is 6. The molecule has 6 rings (SSSR count). The molecule has 4 unspecified atom stereocenters. The lowest BCUT2D eigenvalue weighted by Gasteiger charge is -2.40. The standard InChI is InChI=1S/C18H22N2O2S.C9H18S.C8H5F4NO/c1-9-11-4-5-12(8-11)16(9)20-18(21)15-14(22-3)7-6-13-17(15)23-10(2)19-13;1-3-5-6-9(4-2)7-8-10-9;9-7-2-1-5(13-4-14)3-6(7)8(10,11)12/h6-7,9,11-12,16H,4-5,8H2,1-3H3,(H,20,21);3-8H2,1-2H3;1-4H,(H,13,14)/t9?,11-,12?,16?;;/m0../s1. The van der Waals surface area contributed by atoms with E-state index in [1.54, 1.807) is 18.4 Å². The van der Waals surface area contributed by atoms with Crippen LogP contribution in [0.15, 0.2) is 30.3 Å². The molecule has 2 aliphatic carbocycles. The van der Waals surface area contributed by atoms with Gasteiger partial charge in [-0.15, -0.1) is 11.3 Å². The number of benzene rings is 2. The lowest BCUT2D eigenvalue weighted by molar-refractivity contribution is -0.140. The molecule has 0 spiro atoms. The number of methoxy groups -OCH3 is 1. The smallest absolute Gasteiger partial charge is 0.419 e. The molecule has 47 heavy (non-hydrogen) atoms. The first-order valence-electron chi connectivity index (χ1n) is 16.3. The minimum atomic E-state index is -4.76. The van der Waals surface area contributed by atoms with Crippen LogP contribution in [-0.4, -0.2) is 41.0 Å². The normalized spacial score (nSPS) is 24.4. The minimum Gasteiger partial charge on any atom is -0.496 e. The number of carbonyl (C=O) groups is 2. The van der Waals surface area contributed by atoms with E-state index in [9.17, 15) is 27.2 Å².